The summed E-state index contributed by atoms with van der Waals surface area (Å²) in [6.07, 6.45) is -9.83. The van der Waals surface area contributed by atoms with Crippen molar-refractivity contribution < 1.29 is 35.5 Å². The van der Waals surface area contributed by atoms with Crippen LogP contribution in [0.5, 0.6) is 5.75 Å². The van der Waals surface area contributed by atoms with E-state index in [0.717, 1.165) is 36.4 Å². The van der Waals surface area contributed by atoms with E-state index in [4.69, 9.17) is 0 Å². The Morgan fingerprint density at radius 3 is 1.86 bits per heavy atom. The van der Waals surface area contributed by atoms with Crippen molar-refractivity contribution in [1.82, 2.24) is 0 Å². The van der Waals surface area contributed by atoms with Gasteiger partial charge in [0.25, 0.3) is 0 Å². The SMILES string of the molecule is Fc1cccc(-c2ccc(OC(F)(F)F)cc2)c1C(F)(F)F. The Labute approximate surface area is 119 Å². The van der Waals surface area contributed by atoms with Gasteiger partial charge in [-0.25, -0.2) is 4.39 Å². The van der Waals surface area contributed by atoms with Crippen LogP contribution >= 0.6 is 0 Å². The average molecular weight is 324 g/mol. The Morgan fingerprint density at radius 2 is 1.36 bits per heavy atom. The molecule has 0 aliphatic rings. The summed E-state index contributed by atoms with van der Waals surface area (Å²) in [5, 5.41) is 0. The van der Waals surface area contributed by atoms with Crippen molar-refractivity contribution in [1.29, 1.82) is 0 Å². The fraction of sp³-hybridized carbons (Fsp3) is 0.143. The van der Waals surface area contributed by atoms with Crippen molar-refractivity contribution >= 4 is 0 Å². The van der Waals surface area contributed by atoms with E-state index in [1.807, 2.05) is 0 Å². The topological polar surface area (TPSA) is 9.23 Å². The zero-order valence-electron chi connectivity index (χ0n) is 10.6. The van der Waals surface area contributed by atoms with E-state index in [-0.39, 0.29) is 5.56 Å². The van der Waals surface area contributed by atoms with Crippen LogP contribution in [-0.4, -0.2) is 6.36 Å². The molecule has 0 aliphatic heterocycles. The third-order valence-corrected chi connectivity index (χ3v) is 2.70. The summed E-state index contributed by atoms with van der Waals surface area (Å²) < 4.78 is 91.8. The van der Waals surface area contributed by atoms with E-state index in [1.165, 1.54) is 0 Å². The molecule has 0 bridgehead atoms. The lowest BCUT2D eigenvalue weighted by atomic mass is 9.99. The number of hydrogen-bond acceptors (Lipinski definition) is 1. The van der Waals surface area contributed by atoms with Gasteiger partial charge in [0.05, 0.1) is 5.56 Å². The van der Waals surface area contributed by atoms with Crippen molar-refractivity contribution in [3.8, 4) is 16.9 Å². The van der Waals surface area contributed by atoms with Crippen LogP contribution in [-0.2, 0) is 6.18 Å². The molecule has 0 aromatic heterocycles. The summed E-state index contributed by atoms with van der Waals surface area (Å²) in [6, 6.07) is 6.47. The molecule has 0 atom stereocenters. The Morgan fingerprint density at radius 1 is 0.773 bits per heavy atom. The van der Waals surface area contributed by atoms with E-state index in [0.29, 0.717) is 6.07 Å². The molecule has 0 unspecified atom stereocenters. The maximum Gasteiger partial charge on any atom is 0.573 e. The van der Waals surface area contributed by atoms with E-state index >= 15 is 0 Å². The largest absolute Gasteiger partial charge is 0.573 e. The van der Waals surface area contributed by atoms with Crippen molar-refractivity contribution in [3.63, 3.8) is 0 Å². The molecule has 0 saturated carbocycles. The number of rotatable bonds is 2. The van der Waals surface area contributed by atoms with Crippen LogP contribution < -0.4 is 4.74 Å². The lowest BCUT2D eigenvalue weighted by molar-refractivity contribution is -0.274. The van der Waals surface area contributed by atoms with Gasteiger partial charge in [0.2, 0.25) is 0 Å². The molecule has 2 aromatic carbocycles. The molecule has 1 nitrogen and oxygen atoms in total. The van der Waals surface area contributed by atoms with Gasteiger partial charge in [-0.2, -0.15) is 13.2 Å². The molecule has 0 spiro atoms. The fourth-order valence-electron chi connectivity index (χ4n) is 1.89. The first kappa shape index (κ1) is 16.1. The molecule has 0 heterocycles. The van der Waals surface area contributed by atoms with Crippen LogP contribution in [0, 0.1) is 5.82 Å². The van der Waals surface area contributed by atoms with Crippen LogP contribution in [0.3, 0.4) is 0 Å². The lowest BCUT2D eigenvalue weighted by Gasteiger charge is -2.14. The third kappa shape index (κ3) is 3.69. The molecule has 22 heavy (non-hydrogen) atoms. The fourth-order valence-corrected chi connectivity index (χ4v) is 1.89. The van der Waals surface area contributed by atoms with Gasteiger partial charge >= 0.3 is 12.5 Å². The second kappa shape index (κ2) is 5.51. The highest BCUT2D eigenvalue weighted by molar-refractivity contribution is 5.68. The van der Waals surface area contributed by atoms with Gasteiger partial charge < -0.3 is 4.74 Å². The Kier molecular flexibility index (Phi) is 4.04. The molecular weight excluding hydrogens is 317 g/mol. The molecule has 0 N–H and O–H groups in total. The molecule has 8 heteroatoms. The minimum absolute atomic E-state index is 0.0821. The molecular formula is C14H7F7O. The number of alkyl halides is 6. The van der Waals surface area contributed by atoms with Gasteiger partial charge in [0, 0.05) is 0 Å². The van der Waals surface area contributed by atoms with Crippen molar-refractivity contribution in [2.45, 2.75) is 12.5 Å². The minimum atomic E-state index is -4.93. The Bertz CT molecular complexity index is 656. The van der Waals surface area contributed by atoms with E-state index < -0.39 is 35.2 Å². The van der Waals surface area contributed by atoms with Crippen LogP contribution in [0.4, 0.5) is 30.7 Å². The highest BCUT2D eigenvalue weighted by Gasteiger charge is 2.37. The third-order valence-electron chi connectivity index (χ3n) is 2.70. The first-order valence-corrected chi connectivity index (χ1v) is 5.80. The summed E-state index contributed by atoms with van der Waals surface area (Å²) in [5.74, 6) is -2.04. The van der Waals surface area contributed by atoms with Gasteiger partial charge in [0.1, 0.15) is 11.6 Å². The van der Waals surface area contributed by atoms with Crippen molar-refractivity contribution in [2.75, 3.05) is 0 Å². The predicted octanol–water partition coefficient (Wildman–Crippen LogP) is 5.41. The quantitative estimate of drug-likeness (QED) is 0.671. The summed E-state index contributed by atoms with van der Waals surface area (Å²) in [5.41, 5.74) is -2.02. The number of halogens is 7. The van der Waals surface area contributed by atoms with Crippen LogP contribution in [0.25, 0.3) is 11.1 Å². The molecule has 2 aromatic rings. The zero-order chi connectivity index (χ0) is 16.5. The molecule has 0 amide bonds. The highest BCUT2D eigenvalue weighted by atomic mass is 19.4. The Hall–Kier alpha value is -2.25. The first-order valence-electron chi connectivity index (χ1n) is 5.80. The average Bonchev–Trinajstić information content (AvgIpc) is 2.36. The first-order chi connectivity index (χ1) is 10.1. The maximum atomic E-state index is 13.4. The maximum absolute atomic E-state index is 13.4. The van der Waals surface area contributed by atoms with E-state index in [1.54, 1.807) is 0 Å². The summed E-state index contributed by atoms with van der Waals surface area (Å²) in [4.78, 5) is 0. The normalized spacial score (nSPS) is 12.3. The van der Waals surface area contributed by atoms with Crippen molar-refractivity contribution in [3.05, 3.63) is 53.8 Å². The molecule has 2 rings (SSSR count). The van der Waals surface area contributed by atoms with Crippen LogP contribution in [0.15, 0.2) is 42.5 Å². The predicted molar refractivity (Wildman–Crippen MR) is 63.5 cm³/mol. The lowest BCUT2D eigenvalue weighted by Crippen LogP contribution is -2.17. The second-order valence-electron chi connectivity index (χ2n) is 4.23. The number of ether oxygens (including phenoxy) is 1. The number of benzene rings is 2. The van der Waals surface area contributed by atoms with Gasteiger partial charge in [-0.05, 0) is 29.3 Å². The standard InChI is InChI=1S/C14H7F7O/c15-11-3-1-2-10(12(11)13(16,17)18)8-4-6-9(7-5-8)22-14(19,20)21/h1-7H. The van der Waals surface area contributed by atoms with Gasteiger partial charge in [0.15, 0.2) is 0 Å². The van der Waals surface area contributed by atoms with E-state index in [9.17, 15) is 30.7 Å². The molecule has 0 saturated heterocycles. The number of hydrogen-bond donors (Lipinski definition) is 0. The smallest absolute Gasteiger partial charge is 0.406 e. The van der Waals surface area contributed by atoms with Crippen LogP contribution in [0.2, 0.25) is 0 Å². The zero-order valence-corrected chi connectivity index (χ0v) is 10.6. The highest BCUT2D eigenvalue weighted by Crippen LogP contribution is 2.39. The van der Waals surface area contributed by atoms with E-state index in [2.05, 4.69) is 4.74 Å². The summed E-state index contributed by atoms with van der Waals surface area (Å²) >= 11 is 0. The molecule has 118 valence electrons. The summed E-state index contributed by atoms with van der Waals surface area (Å²) in [7, 11) is 0. The summed E-state index contributed by atoms with van der Waals surface area (Å²) in [6.45, 7) is 0. The van der Waals surface area contributed by atoms with Crippen LogP contribution in [0.1, 0.15) is 5.56 Å². The molecule has 0 aliphatic carbocycles. The Balaban J connectivity index is 2.43. The van der Waals surface area contributed by atoms with Gasteiger partial charge in [-0.3, -0.25) is 0 Å². The van der Waals surface area contributed by atoms with Gasteiger partial charge in [-0.15, -0.1) is 13.2 Å². The monoisotopic (exact) mass is 324 g/mol. The molecule has 0 radical (unpaired) electrons. The molecule has 0 fully saturated rings. The minimum Gasteiger partial charge on any atom is -0.406 e. The van der Waals surface area contributed by atoms with Gasteiger partial charge in [-0.1, -0.05) is 24.3 Å². The second-order valence-corrected chi connectivity index (χ2v) is 4.23. The van der Waals surface area contributed by atoms with Crippen molar-refractivity contribution in [2.24, 2.45) is 0 Å².